The lowest BCUT2D eigenvalue weighted by Gasteiger charge is -2.26. The number of carbonyl (C=O) groups is 1. The average Bonchev–Trinajstić information content (AvgIpc) is 3.27. The van der Waals surface area contributed by atoms with Crippen molar-refractivity contribution >= 4 is 28.5 Å². The minimum Gasteiger partial charge on any atom is -0.364 e. The fourth-order valence-corrected chi connectivity index (χ4v) is 5.38. The number of H-pyrrole nitrogens is 1. The summed E-state index contributed by atoms with van der Waals surface area (Å²) in [6, 6.07) is 21.3. The van der Waals surface area contributed by atoms with Crippen molar-refractivity contribution in [3.8, 4) is 11.3 Å². The van der Waals surface area contributed by atoms with E-state index in [0.29, 0.717) is 23.5 Å². The minimum atomic E-state index is -2.25. The number of nitrogens with zero attached hydrogens (tertiary/aromatic N) is 2. The van der Waals surface area contributed by atoms with Crippen molar-refractivity contribution < 1.29 is 13.6 Å². The van der Waals surface area contributed by atoms with Gasteiger partial charge in [0, 0.05) is 17.0 Å². The molecule has 1 heterocycles. The predicted molar refractivity (Wildman–Crippen MR) is 133 cm³/mol. The van der Waals surface area contributed by atoms with E-state index in [2.05, 4.69) is 16.3 Å². The van der Waals surface area contributed by atoms with E-state index in [1.807, 2.05) is 74.5 Å². The van der Waals surface area contributed by atoms with Crippen molar-refractivity contribution in [1.82, 2.24) is 10.2 Å². The molecular formula is C26H24N4O3S. The molecular weight excluding hydrogens is 448 g/mol. The summed E-state index contributed by atoms with van der Waals surface area (Å²) in [7, 11) is 0. The molecule has 1 aliphatic carbocycles. The van der Waals surface area contributed by atoms with E-state index in [1.54, 1.807) is 0 Å². The van der Waals surface area contributed by atoms with Gasteiger partial charge in [0.25, 0.3) is 17.2 Å². The molecule has 0 spiro atoms. The fourth-order valence-electron chi connectivity index (χ4n) is 4.71. The topological polar surface area (TPSA) is 112 Å². The van der Waals surface area contributed by atoms with Gasteiger partial charge in [-0.05, 0) is 60.7 Å². The van der Waals surface area contributed by atoms with Gasteiger partial charge in [-0.2, -0.15) is 5.10 Å². The second-order valence-electron chi connectivity index (χ2n) is 8.55. The third-order valence-electron chi connectivity index (χ3n) is 6.36. The highest BCUT2D eigenvalue weighted by Crippen LogP contribution is 2.43. The van der Waals surface area contributed by atoms with E-state index < -0.39 is 17.2 Å². The smallest absolute Gasteiger partial charge is 0.267 e. The Morgan fingerprint density at radius 3 is 2.56 bits per heavy atom. The number of rotatable bonds is 5. The van der Waals surface area contributed by atoms with Crippen LogP contribution in [-0.2, 0) is 17.7 Å². The van der Waals surface area contributed by atoms with E-state index in [4.69, 9.17) is 5.73 Å². The second-order valence-corrected chi connectivity index (χ2v) is 9.37. The molecule has 0 radical (unpaired) electrons. The van der Waals surface area contributed by atoms with Crippen LogP contribution in [0.4, 0.5) is 11.4 Å². The highest BCUT2D eigenvalue weighted by molar-refractivity contribution is 7.81. The largest absolute Gasteiger partial charge is 0.364 e. The van der Waals surface area contributed by atoms with Crippen LogP contribution in [0.5, 0.6) is 0 Å². The number of nitrogens with one attached hydrogen (secondary N) is 1. The van der Waals surface area contributed by atoms with Gasteiger partial charge in [0.15, 0.2) is 0 Å². The van der Waals surface area contributed by atoms with Gasteiger partial charge in [0.05, 0.1) is 17.1 Å². The van der Waals surface area contributed by atoms with Crippen molar-refractivity contribution in [1.29, 1.82) is 0 Å². The predicted octanol–water partition coefficient (Wildman–Crippen LogP) is 4.76. The van der Waals surface area contributed by atoms with Gasteiger partial charge in [-0.3, -0.25) is 14.4 Å². The summed E-state index contributed by atoms with van der Waals surface area (Å²) in [6.07, 6.45) is 0.689. The molecule has 4 aromatic rings. The van der Waals surface area contributed by atoms with Gasteiger partial charge in [0.1, 0.15) is 5.69 Å². The maximum atomic E-state index is 12.3. The molecule has 4 N–H and O–H groups in total. The zero-order valence-electron chi connectivity index (χ0n) is 18.8. The monoisotopic (exact) mass is 472 g/mol. The van der Waals surface area contributed by atoms with Gasteiger partial charge in [-0.15, -0.1) is 0 Å². The third kappa shape index (κ3) is 3.70. The number of anilines is 2. The number of primary amides is 1. The van der Waals surface area contributed by atoms with Crippen LogP contribution in [0.25, 0.3) is 11.3 Å². The van der Waals surface area contributed by atoms with Gasteiger partial charge in [-0.1, -0.05) is 48.5 Å². The highest BCUT2D eigenvalue weighted by atomic mass is 32.2. The number of benzene rings is 3. The minimum absolute atomic E-state index is 0.131. The van der Waals surface area contributed by atoms with Gasteiger partial charge in [0.2, 0.25) is 0 Å². The van der Waals surface area contributed by atoms with Gasteiger partial charge >= 0.3 is 0 Å². The summed E-state index contributed by atoms with van der Waals surface area (Å²) < 4.78 is 23.8. The first-order valence-corrected chi connectivity index (χ1v) is 12.0. The number of amides is 1. The number of aromatic nitrogens is 2. The average molecular weight is 473 g/mol. The summed E-state index contributed by atoms with van der Waals surface area (Å²) in [5.74, 6) is -0.680. The van der Waals surface area contributed by atoms with E-state index >= 15 is 0 Å². The Balaban J connectivity index is 1.58. The number of hydrogen-bond donors (Lipinski definition) is 3. The lowest BCUT2D eigenvalue weighted by molar-refractivity contribution is 0.0994. The Hall–Kier alpha value is -3.75. The van der Waals surface area contributed by atoms with Crippen LogP contribution >= 0.6 is 0 Å². The first kappa shape index (κ1) is 22.1. The number of fused-ring (bicyclic) bond motifs is 3. The number of nitrogens with two attached hydrogens (primary N) is 1. The molecule has 7 nitrogen and oxygen atoms in total. The van der Waals surface area contributed by atoms with Crippen LogP contribution in [0, 0.1) is 13.8 Å². The standard InChI is InChI=1S/C26H24N4O3S/c1-15-7-8-16(2)22(13-15)30(34(32)33)19-11-9-17(10-12-19)21-14-18-5-3-4-6-20(18)24-23(21)25(26(27)31)29-28-24/h3-13,21H,14H2,1-2H3,(H2,27,31)(H,28,29)(H,32,33). The zero-order valence-corrected chi connectivity index (χ0v) is 19.6. The molecule has 172 valence electrons. The summed E-state index contributed by atoms with van der Waals surface area (Å²) in [6.45, 7) is 3.86. The van der Waals surface area contributed by atoms with E-state index in [-0.39, 0.29) is 5.92 Å². The Morgan fingerprint density at radius 1 is 1.12 bits per heavy atom. The molecule has 2 unspecified atom stereocenters. The Bertz CT molecular complexity index is 1430. The molecule has 1 amide bonds. The van der Waals surface area contributed by atoms with Crippen LogP contribution < -0.4 is 10.0 Å². The van der Waals surface area contributed by atoms with Gasteiger partial charge < -0.3 is 5.73 Å². The lowest BCUT2D eigenvalue weighted by atomic mass is 9.77. The number of hydrogen-bond acceptors (Lipinski definition) is 3. The molecule has 34 heavy (non-hydrogen) atoms. The molecule has 0 saturated heterocycles. The summed E-state index contributed by atoms with van der Waals surface area (Å²) in [5.41, 5.74) is 13.7. The normalized spacial score (nSPS) is 15.3. The number of aromatic amines is 1. The van der Waals surface area contributed by atoms with Crippen molar-refractivity contribution in [2.45, 2.75) is 26.2 Å². The Kier molecular flexibility index (Phi) is 5.55. The molecule has 0 bridgehead atoms. The molecule has 8 heteroatoms. The maximum Gasteiger partial charge on any atom is 0.267 e. The van der Waals surface area contributed by atoms with Gasteiger partial charge in [-0.25, -0.2) is 8.51 Å². The summed E-state index contributed by atoms with van der Waals surface area (Å²) in [5, 5.41) is 7.24. The quantitative estimate of drug-likeness (QED) is 0.364. The van der Waals surface area contributed by atoms with Crippen molar-refractivity contribution in [2.75, 3.05) is 4.31 Å². The maximum absolute atomic E-state index is 12.3. The van der Waals surface area contributed by atoms with Crippen molar-refractivity contribution in [3.05, 3.63) is 100 Å². The molecule has 1 aromatic heterocycles. The Labute approximate surface area is 200 Å². The van der Waals surface area contributed by atoms with Crippen LogP contribution in [0.1, 0.15) is 44.2 Å². The first-order chi connectivity index (χ1) is 16.3. The molecule has 1 aliphatic rings. The molecule has 0 aliphatic heterocycles. The van der Waals surface area contributed by atoms with Crippen LogP contribution in [-0.4, -0.2) is 24.9 Å². The van der Waals surface area contributed by atoms with E-state index in [9.17, 15) is 13.6 Å². The SMILES string of the molecule is Cc1ccc(C)c(N(c2ccc(C3Cc4ccccc4-c4n[nH]c(C(N)=O)c43)cc2)S(=O)O)c1. The molecule has 5 rings (SSSR count). The molecule has 0 saturated carbocycles. The van der Waals surface area contributed by atoms with Crippen LogP contribution in [0.15, 0.2) is 66.7 Å². The third-order valence-corrected chi connectivity index (χ3v) is 7.08. The highest BCUT2D eigenvalue weighted by Gasteiger charge is 2.32. The molecule has 0 fully saturated rings. The molecule has 3 aromatic carbocycles. The van der Waals surface area contributed by atoms with Crippen LogP contribution in [0.2, 0.25) is 0 Å². The number of aryl methyl sites for hydroxylation is 2. The fraction of sp³-hybridized carbons (Fsp3) is 0.154. The zero-order chi connectivity index (χ0) is 24.0. The van der Waals surface area contributed by atoms with Crippen molar-refractivity contribution in [3.63, 3.8) is 0 Å². The first-order valence-electron chi connectivity index (χ1n) is 10.9. The Morgan fingerprint density at radius 2 is 1.85 bits per heavy atom. The second kappa shape index (κ2) is 8.55. The molecule has 2 atom stereocenters. The number of carbonyl (C=O) groups excluding carboxylic acids is 1. The van der Waals surface area contributed by atoms with E-state index in [1.165, 1.54) is 4.31 Å². The van der Waals surface area contributed by atoms with Crippen LogP contribution in [0.3, 0.4) is 0 Å². The summed E-state index contributed by atoms with van der Waals surface area (Å²) in [4.78, 5) is 12.1. The lowest BCUT2D eigenvalue weighted by Crippen LogP contribution is -2.21. The van der Waals surface area contributed by atoms with Crippen molar-refractivity contribution in [2.24, 2.45) is 5.73 Å². The van der Waals surface area contributed by atoms with E-state index in [0.717, 1.165) is 39.1 Å². The summed E-state index contributed by atoms with van der Waals surface area (Å²) >= 11 is -2.25.